The number of halogens is 2. The first-order chi connectivity index (χ1) is 8.79. The van der Waals surface area contributed by atoms with Gasteiger partial charge in [0.25, 0.3) is 5.91 Å². The summed E-state index contributed by atoms with van der Waals surface area (Å²) in [6, 6.07) is 0. The zero-order valence-corrected chi connectivity index (χ0v) is 13.1. The molecule has 1 rings (SSSR count). The van der Waals surface area contributed by atoms with E-state index in [1.165, 1.54) is 4.90 Å². The van der Waals surface area contributed by atoms with Crippen LogP contribution in [0.15, 0.2) is 12.2 Å². The molecule has 2 atom stereocenters. The van der Waals surface area contributed by atoms with Gasteiger partial charge in [0.05, 0.1) is 18.8 Å². The summed E-state index contributed by atoms with van der Waals surface area (Å²) in [6.45, 7) is 10.3. The Balaban J connectivity index is 2.65. The molecule has 1 amide bonds. The van der Waals surface area contributed by atoms with Crippen molar-refractivity contribution in [1.82, 2.24) is 4.90 Å². The number of amides is 1. The predicted octanol–water partition coefficient (Wildman–Crippen LogP) is 2.73. The van der Waals surface area contributed by atoms with Gasteiger partial charge in [-0.05, 0) is 27.2 Å². The van der Waals surface area contributed by atoms with E-state index in [0.717, 1.165) is 12.0 Å². The minimum atomic E-state index is -1.09. The van der Waals surface area contributed by atoms with Crippen molar-refractivity contribution in [2.45, 2.75) is 50.5 Å². The molecule has 0 N–H and O–H groups in total. The molecule has 2 unspecified atom stereocenters. The third-order valence-electron chi connectivity index (χ3n) is 2.76. The van der Waals surface area contributed by atoms with Crippen LogP contribution in [0.5, 0.6) is 0 Å². The molecule has 0 spiro atoms. The molecule has 1 fully saturated rings. The van der Waals surface area contributed by atoms with Gasteiger partial charge in [0, 0.05) is 6.54 Å². The Labute approximate surface area is 124 Å². The second kappa shape index (κ2) is 7.48. The van der Waals surface area contributed by atoms with Crippen LogP contribution in [-0.2, 0) is 14.3 Å². The normalized spacial score (nSPS) is 27.4. The molecule has 1 heterocycles. The molecular formula is C13H21Cl2NO3. The molecule has 0 aliphatic carbocycles. The van der Waals surface area contributed by atoms with Gasteiger partial charge in [-0.3, -0.25) is 4.79 Å². The number of hydrogen-bond donors (Lipinski definition) is 0. The highest BCUT2D eigenvalue weighted by Gasteiger charge is 2.29. The first-order valence-corrected chi connectivity index (χ1v) is 7.19. The van der Waals surface area contributed by atoms with Crippen LogP contribution in [0.4, 0.5) is 0 Å². The third-order valence-corrected chi connectivity index (χ3v) is 3.13. The maximum Gasteiger partial charge on any atom is 0.256 e. The summed E-state index contributed by atoms with van der Waals surface area (Å²) in [7, 11) is 0. The molecule has 4 nitrogen and oxygen atoms in total. The lowest BCUT2D eigenvalue weighted by Gasteiger charge is -2.35. The molecule has 19 heavy (non-hydrogen) atoms. The molecular weight excluding hydrogens is 289 g/mol. The lowest BCUT2D eigenvalue weighted by atomic mass is 10.2. The van der Waals surface area contributed by atoms with Gasteiger partial charge in [-0.25, -0.2) is 0 Å². The average Bonchev–Trinajstić information content (AvgIpc) is 2.24. The van der Waals surface area contributed by atoms with Gasteiger partial charge in [0.15, 0.2) is 11.1 Å². The number of ether oxygens (including phenoxy) is 2. The maximum atomic E-state index is 11.9. The van der Waals surface area contributed by atoms with Crippen molar-refractivity contribution in [3.63, 3.8) is 0 Å². The Morgan fingerprint density at radius 2 is 1.89 bits per heavy atom. The second-order valence-electron chi connectivity index (χ2n) is 5.04. The van der Waals surface area contributed by atoms with Crippen LogP contribution in [-0.4, -0.2) is 47.2 Å². The first kappa shape index (κ1) is 16.8. The van der Waals surface area contributed by atoms with E-state index in [4.69, 9.17) is 32.7 Å². The van der Waals surface area contributed by atoms with E-state index in [0.29, 0.717) is 13.1 Å². The van der Waals surface area contributed by atoms with Crippen LogP contribution < -0.4 is 0 Å². The van der Waals surface area contributed by atoms with Crippen molar-refractivity contribution in [2.24, 2.45) is 0 Å². The Morgan fingerprint density at radius 1 is 1.37 bits per heavy atom. The van der Waals surface area contributed by atoms with Crippen molar-refractivity contribution < 1.29 is 14.3 Å². The highest BCUT2D eigenvalue weighted by atomic mass is 35.5. The van der Waals surface area contributed by atoms with E-state index in [9.17, 15) is 4.79 Å². The third kappa shape index (κ3) is 5.69. The fraction of sp³-hybridized carbons (Fsp3) is 0.769. The lowest BCUT2D eigenvalue weighted by molar-refractivity contribution is -0.238. The molecule has 110 valence electrons. The summed E-state index contributed by atoms with van der Waals surface area (Å²) in [5.74, 6) is -0.357. The number of carbonyl (C=O) groups excluding carboxylic acids is 1. The number of carbonyl (C=O) groups is 1. The van der Waals surface area contributed by atoms with Gasteiger partial charge in [-0.2, -0.15) is 0 Å². The van der Waals surface area contributed by atoms with E-state index < -0.39 is 11.1 Å². The molecule has 0 aromatic heterocycles. The Kier molecular flexibility index (Phi) is 6.60. The van der Waals surface area contributed by atoms with Crippen LogP contribution in [0.3, 0.4) is 0 Å². The number of alkyl halides is 2. The van der Waals surface area contributed by atoms with Crippen molar-refractivity contribution >= 4 is 29.1 Å². The zero-order chi connectivity index (χ0) is 14.6. The summed E-state index contributed by atoms with van der Waals surface area (Å²) in [5.41, 5.74) is 0.847. The van der Waals surface area contributed by atoms with E-state index in [1.54, 1.807) is 0 Å². The highest BCUT2D eigenvalue weighted by Crippen LogP contribution is 2.20. The van der Waals surface area contributed by atoms with E-state index >= 15 is 0 Å². The van der Waals surface area contributed by atoms with Crippen LogP contribution >= 0.6 is 23.2 Å². The molecule has 0 aromatic carbocycles. The standard InChI is InChI=1S/C13H21Cl2NO3/c1-8(2)6-16(13(17)12(14)15)7-11-18-9(3)5-10(4)19-11/h9-12H,1,5-7H2,2-4H3. The molecule has 0 radical (unpaired) electrons. The highest BCUT2D eigenvalue weighted by molar-refractivity contribution is 6.53. The Hall–Kier alpha value is -0.290. The van der Waals surface area contributed by atoms with Crippen molar-refractivity contribution in [3.8, 4) is 0 Å². The van der Waals surface area contributed by atoms with Crippen molar-refractivity contribution in [1.29, 1.82) is 0 Å². The van der Waals surface area contributed by atoms with Gasteiger partial charge in [-0.15, -0.1) is 0 Å². The van der Waals surface area contributed by atoms with Gasteiger partial charge >= 0.3 is 0 Å². The summed E-state index contributed by atoms with van der Waals surface area (Å²) < 4.78 is 11.3. The quantitative estimate of drug-likeness (QED) is 0.579. The predicted molar refractivity (Wildman–Crippen MR) is 76.4 cm³/mol. The first-order valence-electron chi connectivity index (χ1n) is 6.31. The van der Waals surface area contributed by atoms with E-state index in [2.05, 4.69) is 6.58 Å². The van der Waals surface area contributed by atoms with Crippen LogP contribution in [0.25, 0.3) is 0 Å². The smallest absolute Gasteiger partial charge is 0.256 e. The molecule has 1 aliphatic heterocycles. The van der Waals surface area contributed by atoms with Gasteiger partial charge < -0.3 is 14.4 Å². The number of nitrogens with zero attached hydrogens (tertiary/aromatic N) is 1. The molecule has 0 saturated carbocycles. The van der Waals surface area contributed by atoms with Crippen molar-refractivity contribution in [3.05, 3.63) is 12.2 Å². The molecule has 1 saturated heterocycles. The fourth-order valence-corrected chi connectivity index (χ4v) is 2.37. The summed E-state index contributed by atoms with van der Waals surface area (Å²) in [6.07, 6.45) is 0.615. The lowest BCUT2D eigenvalue weighted by Crippen LogP contribution is -2.46. The number of hydrogen-bond acceptors (Lipinski definition) is 3. The minimum Gasteiger partial charge on any atom is -0.348 e. The zero-order valence-electron chi connectivity index (χ0n) is 11.6. The largest absolute Gasteiger partial charge is 0.348 e. The van der Waals surface area contributed by atoms with Gasteiger partial charge in [0.1, 0.15) is 0 Å². The van der Waals surface area contributed by atoms with Crippen LogP contribution in [0.1, 0.15) is 27.2 Å². The number of rotatable bonds is 5. The SMILES string of the molecule is C=C(C)CN(CC1OC(C)CC(C)O1)C(=O)C(Cl)Cl. The van der Waals surface area contributed by atoms with Gasteiger partial charge in [-0.1, -0.05) is 35.4 Å². The van der Waals surface area contributed by atoms with Crippen LogP contribution in [0.2, 0.25) is 0 Å². The molecule has 6 heteroatoms. The summed E-state index contributed by atoms with van der Waals surface area (Å²) >= 11 is 11.3. The topological polar surface area (TPSA) is 38.8 Å². The van der Waals surface area contributed by atoms with E-state index in [-0.39, 0.29) is 18.1 Å². The maximum absolute atomic E-state index is 11.9. The summed E-state index contributed by atoms with van der Waals surface area (Å²) in [5, 5.41) is 0. The van der Waals surface area contributed by atoms with Crippen LogP contribution in [0, 0.1) is 0 Å². The van der Waals surface area contributed by atoms with Crippen molar-refractivity contribution in [2.75, 3.05) is 13.1 Å². The van der Waals surface area contributed by atoms with E-state index in [1.807, 2.05) is 20.8 Å². The Morgan fingerprint density at radius 3 is 2.32 bits per heavy atom. The molecule has 0 aromatic rings. The average molecular weight is 310 g/mol. The minimum absolute atomic E-state index is 0.110. The fourth-order valence-electron chi connectivity index (χ4n) is 2.09. The Bertz CT molecular complexity index is 326. The second-order valence-corrected chi connectivity index (χ2v) is 6.13. The monoisotopic (exact) mass is 309 g/mol. The van der Waals surface area contributed by atoms with Gasteiger partial charge in [0.2, 0.25) is 0 Å². The molecule has 1 aliphatic rings. The summed E-state index contributed by atoms with van der Waals surface area (Å²) in [4.78, 5) is 12.4. The molecule has 0 bridgehead atoms.